The van der Waals surface area contributed by atoms with Gasteiger partial charge in [0.15, 0.2) is 16.6 Å². The summed E-state index contributed by atoms with van der Waals surface area (Å²) in [7, 11) is 4.62. The lowest BCUT2D eigenvalue weighted by atomic mass is 10.1. The number of ether oxygens (including phenoxy) is 3. The van der Waals surface area contributed by atoms with Gasteiger partial charge < -0.3 is 30.6 Å². The van der Waals surface area contributed by atoms with Crippen LogP contribution in [0.2, 0.25) is 0 Å². The van der Waals surface area contributed by atoms with Crippen molar-refractivity contribution in [2.75, 3.05) is 37.7 Å². The summed E-state index contributed by atoms with van der Waals surface area (Å²) >= 11 is 2.74. The van der Waals surface area contributed by atoms with Gasteiger partial charge in [-0.05, 0) is 30.3 Å². The molecule has 0 bridgehead atoms. The van der Waals surface area contributed by atoms with Gasteiger partial charge in [-0.15, -0.1) is 11.3 Å². The number of aromatic nitrogens is 2. The molecule has 0 fully saturated rings. The van der Waals surface area contributed by atoms with Crippen molar-refractivity contribution in [3.63, 3.8) is 0 Å². The van der Waals surface area contributed by atoms with Gasteiger partial charge >= 0.3 is 0 Å². The predicted molar refractivity (Wildman–Crippen MR) is 161 cm³/mol. The van der Waals surface area contributed by atoms with Gasteiger partial charge in [0.1, 0.15) is 27.3 Å². The van der Waals surface area contributed by atoms with Crippen LogP contribution in [0.1, 0.15) is 5.56 Å². The van der Waals surface area contributed by atoms with Crippen LogP contribution in [0.25, 0.3) is 21.1 Å². The molecule has 0 aliphatic rings. The number of methoxy groups -OCH3 is 3. The number of anilines is 4. The molecule has 0 saturated carbocycles. The number of nitrogens with two attached hydrogens (primary N) is 1. The van der Waals surface area contributed by atoms with Crippen LogP contribution >= 0.6 is 22.7 Å². The molecule has 0 saturated heterocycles. The molecule has 0 unspecified atom stereocenters. The van der Waals surface area contributed by atoms with E-state index in [9.17, 15) is 13.6 Å². The molecule has 0 atom stereocenters. The summed E-state index contributed by atoms with van der Waals surface area (Å²) in [4.78, 5) is 22.4. The highest BCUT2D eigenvalue weighted by Gasteiger charge is 2.18. The second kappa shape index (κ2) is 12.4. The number of carbonyl (C=O) groups excluding carboxylic acids is 1. The summed E-state index contributed by atoms with van der Waals surface area (Å²) in [5, 5.41) is 9.06. The van der Waals surface area contributed by atoms with Crippen molar-refractivity contribution >= 4 is 50.9 Å². The number of hydrogen-bond acceptors (Lipinski definition) is 10. The molecule has 5 aromatic rings. The third-order valence-electron chi connectivity index (χ3n) is 6.07. The molecule has 4 N–H and O–H groups in total. The van der Waals surface area contributed by atoms with E-state index < -0.39 is 17.5 Å². The first-order valence-electron chi connectivity index (χ1n) is 12.4. The van der Waals surface area contributed by atoms with Crippen molar-refractivity contribution in [2.45, 2.75) is 6.42 Å². The van der Waals surface area contributed by atoms with E-state index in [0.717, 1.165) is 23.8 Å². The van der Waals surface area contributed by atoms with Crippen molar-refractivity contribution in [1.82, 2.24) is 9.97 Å². The van der Waals surface area contributed by atoms with Crippen molar-refractivity contribution in [2.24, 2.45) is 0 Å². The molecule has 216 valence electrons. The molecule has 5 rings (SSSR count). The van der Waals surface area contributed by atoms with E-state index in [4.69, 9.17) is 24.9 Å². The van der Waals surface area contributed by atoms with E-state index in [1.807, 2.05) is 11.4 Å². The Hall–Kier alpha value is -4.75. The van der Waals surface area contributed by atoms with Crippen LogP contribution in [0, 0.1) is 11.6 Å². The minimum atomic E-state index is -0.639. The number of thiazole rings is 2. The topological polar surface area (TPSA) is 121 Å². The first-order valence-corrected chi connectivity index (χ1v) is 14.1. The monoisotopic (exact) mass is 609 g/mol. The van der Waals surface area contributed by atoms with Gasteiger partial charge in [-0.1, -0.05) is 23.5 Å². The molecule has 9 nitrogen and oxygen atoms in total. The molecule has 3 aromatic carbocycles. The molecule has 42 heavy (non-hydrogen) atoms. The van der Waals surface area contributed by atoms with Crippen molar-refractivity contribution in [3.05, 3.63) is 77.2 Å². The number of rotatable bonds is 10. The van der Waals surface area contributed by atoms with E-state index in [0.29, 0.717) is 55.2 Å². The van der Waals surface area contributed by atoms with E-state index in [-0.39, 0.29) is 12.0 Å². The van der Waals surface area contributed by atoms with Crippen LogP contribution in [-0.2, 0) is 11.2 Å². The van der Waals surface area contributed by atoms with Gasteiger partial charge in [0.25, 0.3) is 0 Å². The highest BCUT2D eigenvalue weighted by atomic mass is 32.1. The third-order valence-corrected chi connectivity index (χ3v) is 8.05. The Kier molecular flexibility index (Phi) is 8.50. The van der Waals surface area contributed by atoms with E-state index in [1.54, 1.807) is 44.6 Å². The summed E-state index contributed by atoms with van der Waals surface area (Å²) in [6.45, 7) is 0. The number of nitrogen functional groups attached to an aromatic ring is 1. The molecular weight excluding hydrogens is 584 g/mol. The minimum Gasteiger partial charge on any atom is -0.493 e. The molecule has 1 amide bonds. The SMILES string of the molecule is COc1cc(Nc2nc(N)c(-c3nc(-c4cccc(NC(=O)Cc5cc(F)ccc5F)c4)cs3)s2)cc(OC)c1OC. The van der Waals surface area contributed by atoms with E-state index in [2.05, 4.69) is 15.6 Å². The van der Waals surface area contributed by atoms with Crippen LogP contribution in [0.15, 0.2) is 60.0 Å². The number of amides is 1. The van der Waals surface area contributed by atoms with Crippen LogP contribution < -0.4 is 30.6 Å². The lowest BCUT2D eigenvalue weighted by Crippen LogP contribution is -2.15. The molecule has 0 aliphatic carbocycles. The predicted octanol–water partition coefficient (Wildman–Crippen LogP) is 6.74. The fraction of sp³-hybridized carbons (Fsp3) is 0.138. The van der Waals surface area contributed by atoms with Crippen molar-refractivity contribution < 1.29 is 27.8 Å². The largest absolute Gasteiger partial charge is 0.493 e. The Labute approximate surface area is 247 Å². The zero-order chi connectivity index (χ0) is 29.8. The van der Waals surface area contributed by atoms with Crippen LogP contribution in [0.3, 0.4) is 0 Å². The number of hydrogen-bond donors (Lipinski definition) is 3. The first-order chi connectivity index (χ1) is 20.3. The number of nitrogens with one attached hydrogen (secondary N) is 2. The second-order valence-corrected chi connectivity index (χ2v) is 10.7. The van der Waals surface area contributed by atoms with Gasteiger partial charge in [0.05, 0.1) is 33.4 Å². The van der Waals surface area contributed by atoms with Crippen LogP contribution in [-0.4, -0.2) is 37.2 Å². The summed E-state index contributed by atoms with van der Waals surface area (Å²) in [6.07, 6.45) is -0.300. The molecule has 0 radical (unpaired) electrons. The maximum atomic E-state index is 13.9. The summed E-state index contributed by atoms with van der Waals surface area (Å²) < 4.78 is 43.6. The average Bonchev–Trinajstić information content (AvgIpc) is 3.61. The Morgan fingerprint density at radius 1 is 0.952 bits per heavy atom. The maximum Gasteiger partial charge on any atom is 0.228 e. The zero-order valence-corrected chi connectivity index (χ0v) is 24.3. The van der Waals surface area contributed by atoms with E-state index in [1.165, 1.54) is 29.8 Å². The number of benzene rings is 3. The molecule has 0 spiro atoms. The number of halogens is 2. The maximum absolute atomic E-state index is 13.9. The summed E-state index contributed by atoms with van der Waals surface area (Å²) in [5.74, 6) is 0.0676. The van der Waals surface area contributed by atoms with Crippen LogP contribution in [0.4, 0.5) is 31.1 Å². The second-order valence-electron chi connectivity index (χ2n) is 8.85. The van der Waals surface area contributed by atoms with Crippen LogP contribution in [0.5, 0.6) is 17.2 Å². The molecule has 13 heteroatoms. The molecular formula is C29H25F2N5O4S2. The first kappa shape index (κ1) is 28.8. The highest BCUT2D eigenvalue weighted by Crippen LogP contribution is 2.43. The Balaban J connectivity index is 1.32. The normalized spacial score (nSPS) is 10.8. The standard InChI is InChI=1S/C29H25F2N5O4S2/c1-38-22-12-19(13-23(39-2)25(22)40-3)34-29-36-27(32)26(42-29)28-35-21(14-41-28)15-5-4-6-18(10-15)33-24(37)11-16-9-17(30)7-8-20(16)31/h4-10,12-14H,11,32H2,1-3H3,(H,33,37)(H,34,36). The zero-order valence-electron chi connectivity index (χ0n) is 22.7. The number of nitrogens with zero attached hydrogens (tertiary/aromatic N) is 2. The van der Waals surface area contributed by atoms with Crippen molar-refractivity contribution in [3.8, 4) is 38.4 Å². The fourth-order valence-electron chi connectivity index (χ4n) is 4.14. The molecule has 2 heterocycles. The lowest BCUT2D eigenvalue weighted by Gasteiger charge is -2.14. The smallest absolute Gasteiger partial charge is 0.228 e. The minimum absolute atomic E-state index is 0.0194. The lowest BCUT2D eigenvalue weighted by molar-refractivity contribution is -0.115. The fourth-order valence-corrected chi connectivity index (χ4v) is 5.97. The quantitative estimate of drug-likeness (QED) is 0.159. The number of carbonyl (C=O) groups is 1. The highest BCUT2D eigenvalue weighted by molar-refractivity contribution is 7.23. The summed E-state index contributed by atoms with van der Waals surface area (Å²) in [6, 6.07) is 13.6. The van der Waals surface area contributed by atoms with Gasteiger partial charge in [-0.3, -0.25) is 4.79 Å². The van der Waals surface area contributed by atoms with Gasteiger partial charge in [-0.25, -0.2) is 18.7 Å². The Morgan fingerprint density at radius 2 is 1.71 bits per heavy atom. The average molecular weight is 610 g/mol. The molecule has 2 aromatic heterocycles. The van der Waals surface area contributed by atoms with E-state index >= 15 is 0 Å². The van der Waals surface area contributed by atoms with Gasteiger partial charge in [-0.2, -0.15) is 0 Å². The Bertz CT molecular complexity index is 1730. The van der Waals surface area contributed by atoms with Gasteiger partial charge in [0, 0.05) is 40.0 Å². The third kappa shape index (κ3) is 6.26. The summed E-state index contributed by atoms with van der Waals surface area (Å²) in [5.41, 5.74) is 8.83. The van der Waals surface area contributed by atoms with Gasteiger partial charge in [0.2, 0.25) is 11.7 Å². The molecule has 0 aliphatic heterocycles. The van der Waals surface area contributed by atoms with Crippen molar-refractivity contribution in [1.29, 1.82) is 0 Å². The Morgan fingerprint density at radius 3 is 2.43 bits per heavy atom.